The van der Waals surface area contributed by atoms with Crippen LogP contribution in [0.1, 0.15) is 36.4 Å². The molecule has 6 nitrogen and oxygen atoms in total. The Hall–Kier alpha value is -2.63. The van der Waals surface area contributed by atoms with Gasteiger partial charge < -0.3 is 10.0 Å². The smallest absolute Gasteiger partial charge is 0.308 e. The molecule has 2 atom stereocenters. The summed E-state index contributed by atoms with van der Waals surface area (Å²) in [7, 11) is 1.80. The maximum Gasteiger partial charge on any atom is 0.308 e. The first-order chi connectivity index (χ1) is 12.1. The van der Waals surface area contributed by atoms with Gasteiger partial charge in [-0.3, -0.25) is 14.3 Å². The van der Waals surface area contributed by atoms with Crippen LogP contribution in [-0.4, -0.2) is 38.2 Å². The van der Waals surface area contributed by atoms with E-state index in [4.69, 9.17) is 0 Å². The van der Waals surface area contributed by atoms with E-state index in [2.05, 4.69) is 17.2 Å². The number of piperidine rings is 1. The molecule has 1 fully saturated rings. The van der Waals surface area contributed by atoms with Gasteiger partial charge in [0.15, 0.2) is 0 Å². The number of nitrogens with zero attached hydrogens (tertiary/aromatic N) is 3. The molecule has 3 rings (SSSR count). The molecule has 1 aliphatic rings. The molecule has 0 saturated carbocycles. The van der Waals surface area contributed by atoms with Crippen LogP contribution in [0.2, 0.25) is 0 Å². The Morgan fingerprint density at radius 2 is 2.08 bits per heavy atom. The summed E-state index contributed by atoms with van der Waals surface area (Å²) in [5.41, 5.74) is 2.02. The number of aryl methyl sites for hydroxylation is 2. The second kappa shape index (κ2) is 7.51. The summed E-state index contributed by atoms with van der Waals surface area (Å²) >= 11 is 0. The van der Waals surface area contributed by atoms with E-state index in [1.165, 1.54) is 5.56 Å². The summed E-state index contributed by atoms with van der Waals surface area (Å²) in [5.74, 6) is -1.41. The normalized spacial score (nSPS) is 20.7. The maximum absolute atomic E-state index is 12.5. The Bertz CT molecular complexity index is 741. The standard InChI is InChI=1S/C19H23N3O3/c1-21-13-15(12-20-21)18-16(19(24)25)9-10-17(23)22(18)11-5-8-14-6-3-2-4-7-14/h2-4,6-7,12-13,16,18H,5,8-11H2,1H3,(H,24,25)/t16-,18+/m0/s1. The molecule has 132 valence electrons. The Balaban J connectivity index is 1.77. The highest BCUT2D eigenvalue weighted by Gasteiger charge is 2.40. The van der Waals surface area contributed by atoms with Gasteiger partial charge in [-0.05, 0) is 24.8 Å². The average Bonchev–Trinajstić information content (AvgIpc) is 3.03. The van der Waals surface area contributed by atoms with Crippen LogP contribution in [0.5, 0.6) is 0 Å². The Labute approximate surface area is 147 Å². The zero-order valence-electron chi connectivity index (χ0n) is 14.3. The molecule has 1 N–H and O–H groups in total. The van der Waals surface area contributed by atoms with Crippen molar-refractivity contribution in [2.24, 2.45) is 13.0 Å². The lowest BCUT2D eigenvalue weighted by Crippen LogP contribution is -2.45. The van der Waals surface area contributed by atoms with Gasteiger partial charge in [0.05, 0.1) is 18.2 Å². The van der Waals surface area contributed by atoms with Crippen molar-refractivity contribution in [2.75, 3.05) is 6.54 Å². The largest absolute Gasteiger partial charge is 0.481 e. The van der Waals surface area contributed by atoms with Gasteiger partial charge in [0.2, 0.25) is 5.91 Å². The van der Waals surface area contributed by atoms with E-state index < -0.39 is 17.9 Å². The quantitative estimate of drug-likeness (QED) is 0.875. The maximum atomic E-state index is 12.5. The SMILES string of the molecule is Cn1cc([C@@H]2[C@@H](C(=O)O)CCC(=O)N2CCCc2ccccc2)cn1. The summed E-state index contributed by atoms with van der Waals surface area (Å²) in [5, 5.41) is 13.8. The van der Waals surface area contributed by atoms with Gasteiger partial charge in [-0.2, -0.15) is 5.10 Å². The number of aromatic nitrogens is 2. The minimum Gasteiger partial charge on any atom is -0.481 e. The third kappa shape index (κ3) is 3.90. The third-order valence-electron chi connectivity index (χ3n) is 4.80. The summed E-state index contributed by atoms with van der Waals surface area (Å²) in [4.78, 5) is 26.0. The molecule has 1 aromatic heterocycles. The van der Waals surface area contributed by atoms with Crippen LogP contribution in [0.15, 0.2) is 42.7 Å². The number of benzene rings is 1. The van der Waals surface area contributed by atoms with Crippen molar-refractivity contribution in [3.05, 3.63) is 53.9 Å². The van der Waals surface area contributed by atoms with Crippen LogP contribution in [0.3, 0.4) is 0 Å². The number of carboxylic acids is 1. The van der Waals surface area contributed by atoms with Gasteiger partial charge in [-0.25, -0.2) is 0 Å². The zero-order valence-corrected chi connectivity index (χ0v) is 14.3. The highest BCUT2D eigenvalue weighted by atomic mass is 16.4. The summed E-state index contributed by atoms with van der Waals surface area (Å²) < 4.78 is 1.65. The van der Waals surface area contributed by atoms with Gasteiger partial charge in [-0.15, -0.1) is 0 Å². The van der Waals surface area contributed by atoms with Crippen LogP contribution in [0, 0.1) is 5.92 Å². The highest BCUT2D eigenvalue weighted by molar-refractivity contribution is 5.81. The lowest BCUT2D eigenvalue weighted by Gasteiger charge is -2.39. The van der Waals surface area contributed by atoms with Crippen molar-refractivity contribution in [1.82, 2.24) is 14.7 Å². The second-order valence-corrected chi connectivity index (χ2v) is 6.55. The molecule has 0 spiro atoms. The summed E-state index contributed by atoms with van der Waals surface area (Å²) in [6.45, 7) is 0.553. The lowest BCUT2D eigenvalue weighted by atomic mass is 9.85. The van der Waals surface area contributed by atoms with E-state index in [-0.39, 0.29) is 5.91 Å². The summed E-state index contributed by atoms with van der Waals surface area (Å²) in [6.07, 6.45) is 5.82. The molecule has 0 unspecified atom stereocenters. The summed E-state index contributed by atoms with van der Waals surface area (Å²) in [6, 6.07) is 9.67. The van der Waals surface area contributed by atoms with E-state index in [0.717, 1.165) is 18.4 Å². The van der Waals surface area contributed by atoms with E-state index in [1.807, 2.05) is 24.4 Å². The molecule has 1 amide bonds. The van der Waals surface area contributed by atoms with Crippen LogP contribution in [0.4, 0.5) is 0 Å². The van der Waals surface area contributed by atoms with E-state index >= 15 is 0 Å². The van der Waals surface area contributed by atoms with Gasteiger partial charge in [0, 0.05) is 31.8 Å². The molecule has 1 aromatic carbocycles. The molecular formula is C19H23N3O3. The number of carbonyl (C=O) groups excluding carboxylic acids is 1. The first-order valence-corrected chi connectivity index (χ1v) is 8.61. The van der Waals surface area contributed by atoms with Gasteiger partial charge in [0.1, 0.15) is 0 Å². The van der Waals surface area contributed by atoms with Crippen molar-refractivity contribution < 1.29 is 14.7 Å². The minimum absolute atomic E-state index is 0.0272. The van der Waals surface area contributed by atoms with E-state index in [0.29, 0.717) is 19.4 Å². The topological polar surface area (TPSA) is 75.4 Å². The van der Waals surface area contributed by atoms with Crippen molar-refractivity contribution in [1.29, 1.82) is 0 Å². The number of carbonyl (C=O) groups is 2. The Morgan fingerprint density at radius 3 is 2.72 bits per heavy atom. The fourth-order valence-electron chi connectivity index (χ4n) is 3.58. The molecule has 2 heterocycles. The number of hydrogen-bond acceptors (Lipinski definition) is 3. The molecule has 0 aliphatic carbocycles. The van der Waals surface area contributed by atoms with Crippen LogP contribution >= 0.6 is 0 Å². The van der Waals surface area contributed by atoms with Gasteiger partial charge in [-0.1, -0.05) is 30.3 Å². The zero-order chi connectivity index (χ0) is 17.8. The predicted molar refractivity (Wildman–Crippen MR) is 92.8 cm³/mol. The number of hydrogen-bond donors (Lipinski definition) is 1. The highest BCUT2D eigenvalue weighted by Crippen LogP contribution is 2.36. The van der Waals surface area contributed by atoms with Crippen LogP contribution in [-0.2, 0) is 23.1 Å². The average molecular weight is 341 g/mol. The Morgan fingerprint density at radius 1 is 1.32 bits per heavy atom. The predicted octanol–water partition coefficient (Wildman–Crippen LogP) is 2.42. The lowest BCUT2D eigenvalue weighted by molar-refractivity contribution is -0.152. The fourth-order valence-corrected chi connectivity index (χ4v) is 3.58. The molecule has 25 heavy (non-hydrogen) atoms. The van der Waals surface area contributed by atoms with Crippen LogP contribution in [0.25, 0.3) is 0 Å². The molecule has 2 aromatic rings. The van der Waals surface area contributed by atoms with E-state index in [9.17, 15) is 14.7 Å². The molecule has 6 heteroatoms. The molecule has 1 aliphatic heterocycles. The van der Waals surface area contributed by atoms with Gasteiger partial charge >= 0.3 is 5.97 Å². The van der Waals surface area contributed by atoms with Crippen molar-refractivity contribution in [3.8, 4) is 0 Å². The fraction of sp³-hybridized carbons (Fsp3) is 0.421. The molecule has 0 radical (unpaired) electrons. The van der Waals surface area contributed by atoms with Crippen LogP contribution < -0.4 is 0 Å². The molecular weight excluding hydrogens is 318 g/mol. The number of carboxylic acid groups (broad SMARTS) is 1. The van der Waals surface area contributed by atoms with E-state index in [1.54, 1.807) is 22.8 Å². The van der Waals surface area contributed by atoms with Crippen molar-refractivity contribution >= 4 is 11.9 Å². The monoisotopic (exact) mass is 341 g/mol. The molecule has 0 bridgehead atoms. The van der Waals surface area contributed by atoms with Gasteiger partial charge in [0.25, 0.3) is 0 Å². The molecule has 1 saturated heterocycles. The van der Waals surface area contributed by atoms with Crippen molar-refractivity contribution in [3.63, 3.8) is 0 Å². The Kier molecular flexibility index (Phi) is 5.16. The number of aliphatic carboxylic acids is 1. The minimum atomic E-state index is -0.852. The number of amides is 1. The van der Waals surface area contributed by atoms with Crippen molar-refractivity contribution in [2.45, 2.75) is 31.7 Å². The first kappa shape index (κ1) is 17.2. The first-order valence-electron chi connectivity index (χ1n) is 8.61. The number of likely N-dealkylation sites (tertiary alicyclic amines) is 1. The third-order valence-corrected chi connectivity index (χ3v) is 4.80. The number of rotatable bonds is 6. The second-order valence-electron chi connectivity index (χ2n) is 6.55.